The summed E-state index contributed by atoms with van der Waals surface area (Å²) in [5, 5.41) is 1.54. The molecular weight excluding hydrogens is 242 g/mol. The van der Waals surface area contributed by atoms with Crippen molar-refractivity contribution in [1.82, 2.24) is 4.98 Å². The Morgan fingerprint density at radius 3 is 2.87 bits per heavy atom. The number of thiazole rings is 1. The first-order chi connectivity index (χ1) is 7.10. The fourth-order valence-corrected chi connectivity index (χ4v) is 1.94. The van der Waals surface area contributed by atoms with Gasteiger partial charge in [0.1, 0.15) is 4.88 Å². The molecule has 7 heteroatoms. The van der Waals surface area contributed by atoms with E-state index < -0.39 is 12.3 Å². The number of rotatable bonds is 3. The number of carbonyl (C=O) groups is 1. The molecule has 0 unspecified atom stereocenters. The maximum atomic E-state index is 12.3. The van der Waals surface area contributed by atoms with Crippen molar-refractivity contribution in [3.05, 3.63) is 15.6 Å². The number of nitrogens with zero attached hydrogens (tertiary/aromatic N) is 2. The highest BCUT2D eigenvalue weighted by molar-refractivity contribution is 7.78. The number of alkyl halides is 2. The maximum absolute atomic E-state index is 12.3. The van der Waals surface area contributed by atoms with Gasteiger partial charge in [-0.1, -0.05) is 6.92 Å². The molecule has 1 aromatic heterocycles. The van der Waals surface area contributed by atoms with E-state index in [1.807, 2.05) is 5.16 Å². The van der Waals surface area contributed by atoms with Crippen LogP contribution in [0.4, 0.5) is 8.78 Å². The zero-order valence-corrected chi connectivity index (χ0v) is 9.29. The first-order valence-electron chi connectivity index (χ1n) is 4.00. The van der Waals surface area contributed by atoms with Gasteiger partial charge in [-0.3, -0.25) is 4.79 Å². The second-order valence-electron chi connectivity index (χ2n) is 2.49. The molecule has 1 amide bonds. The Morgan fingerprint density at radius 2 is 2.40 bits per heavy atom. The maximum Gasteiger partial charge on any atom is 0.297 e. The molecule has 0 radical (unpaired) electrons. The lowest BCUT2D eigenvalue weighted by molar-refractivity contribution is 0.101. The van der Waals surface area contributed by atoms with Crippen molar-refractivity contribution in [3.63, 3.8) is 0 Å². The third kappa shape index (κ3) is 2.71. The largest absolute Gasteiger partial charge is 0.297 e. The highest BCUT2D eigenvalue weighted by Gasteiger charge is 2.20. The van der Waals surface area contributed by atoms with Crippen LogP contribution >= 0.6 is 23.6 Å². The second kappa shape index (κ2) is 5.16. The molecule has 0 aromatic carbocycles. The van der Waals surface area contributed by atoms with Crippen molar-refractivity contribution < 1.29 is 13.6 Å². The van der Waals surface area contributed by atoms with Crippen LogP contribution in [0.3, 0.4) is 0 Å². The first kappa shape index (κ1) is 12.0. The molecule has 0 saturated heterocycles. The van der Waals surface area contributed by atoms with E-state index in [4.69, 9.17) is 0 Å². The summed E-state index contributed by atoms with van der Waals surface area (Å²) in [6.07, 6.45) is -2.27. The van der Waals surface area contributed by atoms with Gasteiger partial charge in [-0.2, -0.15) is 4.99 Å². The van der Waals surface area contributed by atoms with E-state index in [1.54, 1.807) is 6.92 Å². The summed E-state index contributed by atoms with van der Waals surface area (Å²) in [5.74, 6) is -0.661. The Balaban J connectivity index is 3.16. The number of carbonyl (C=O) groups excluding carboxylic acids is 1. The Hall–Kier alpha value is -1.04. The van der Waals surface area contributed by atoms with Crippen molar-refractivity contribution in [2.24, 2.45) is 4.99 Å². The predicted octanol–water partition coefficient (Wildman–Crippen LogP) is 2.89. The summed E-state index contributed by atoms with van der Waals surface area (Å²) in [6.45, 7) is 1.72. The van der Waals surface area contributed by atoms with Crippen LogP contribution in [-0.2, 0) is 6.42 Å². The smallest absolute Gasteiger partial charge is 0.265 e. The number of thiocarbonyl (C=S) groups is 1. The Morgan fingerprint density at radius 1 is 1.73 bits per heavy atom. The summed E-state index contributed by atoms with van der Waals surface area (Å²) in [5.41, 5.74) is 0.328. The van der Waals surface area contributed by atoms with Crippen LogP contribution < -0.4 is 0 Å². The van der Waals surface area contributed by atoms with E-state index in [0.29, 0.717) is 23.5 Å². The number of aryl methyl sites for hydroxylation is 1. The van der Waals surface area contributed by atoms with E-state index in [9.17, 15) is 13.6 Å². The fraction of sp³-hybridized carbons (Fsp3) is 0.375. The summed E-state index contributed by atoms with van der Waals surface area (Å²) < 4.78 is 24.6. The van der Waals surface area contributed by atoms with Gasteiger partial charge < -0.3 is 0 Å². The average Bonchev–Trinajstić information content (AvgIpc) is 2.61. The first-order valence-corrected chi connectivity index (χ1v) is 5.22. The third-order valence-corrected chi connectivity index (χ3v) is 2.76. The topological polar surface area (TPSA) is 42.3 Å². The van der Waals surface area contributed by atoms with Gasteiger partial charge in [0.05, 0.1) is 10.9 Å². The molecular formula is C8H6F2N2OS2. The fourth-order valence-electron chi connectivity index (χ4n) is 0.962. The van der Waals surface area contributed by atoms with E-state index in [2.05, 4.69) is 22.2 Å². The molecule has 80 valence electrons. The lowest BCUT2D eigenvalue weighted by Crippen LogP contribution is -1.95. The van der Waals surface area contributed by atoms with Gasteiger partial charge >= 0.3 is 0 Å². The third-order valence-electron chi connectivity index (χ3n) is 1.58. The molecule has 1 rings (SSSR count). The Bertz CT molecular complexity index is 424. The summed E-state index contributed by atoms with van der Waals surface area (Å²) in [7, 11) is 0. The molecule has 0 aliphatic heterocycles. The molecule has 0 atom stereocenters. The van der Waals surface area contributed by atoms with Gasteiger partial charge in [-0.15, -0.1) is 11.3 Å². The molecule has 0 spiro atoms. The minimum absolute atomic E-state index is 0.116. The average molecular weight is 248 g/mol. The van der Waals surface area contributed by atoms with Gasteiger partial charge in [-0.05, 0) is 18.6 Å². The van der Waals surface area contributed by atoms with Crippen LogP contribution in [-0.4, -0.2) is 16.1 Å². The molecule has 0 bridgehead atoms. The Kier molecular flexibility index (Phi) is 4.14. The van der Waals surface area contributed by atoms with Crippen LogP contribution in [0.2, 0.25) is 0 Å². The molecule has 0 saturated carbocycles. The monoisotopic (exact) mass is 248 g/mol. The van der Waals surface area contributed by atoms with Gasteiger partial charge in [0.25, 0.3) is 12.3 Å². The van der Waals surface area contributed by atoms with Crippen LogP contribution in [0.25, 0.3) is 0 Å². The van der Waals surface area contributed by atoms with E-state index in [-0.39, 0.29) is 9.88 Å². The van der Waals surface area contributed by atoms with Crippen molar-refractivity contribution in [1.29, 1.82) is 0 Å². The van der Waals surface area contributed by atoms with Gasteiger partial charge in [0.2, 0.25) is 0 Å². The van der Waals surface area contributed by atoms with E-state index >= 15 is 0 Å². The number of amides is 1. The number of aromatic nitrogens is 1. The number of hydrogen-bond acceptors (Lipinski definition) is 4. The van der Waals surface area contributed by atoms with Crippen LogP contribution in [0.15, 0.2) is 4.99 Å². The van der Waals surface area contributed by atoms with Gasteiger partial charge in [0, 0.05) is 0 Å². The number of hydrogen-bond donors (Lipinski definition) is 0. The van der Waals surface area contributed by atoms with Crippen molar-refractivity contribution in [2.75, 3.05) is 0 Å². The lowest BCUT2D eigenvalue weighted by atomic mass is 10.3. The molecule has 0 aliphatic rings. The SMILES string of the molecule is CCc1nc(C(F)F)sc1C(=O)N=C=S. The lowest BCUT2D eigenvalue weighted by Gasteiger charge is -1.90. The highest BCUT2D eigenvalue weighted by Crippen LogP contribution is 2.27. The second-order valence-corrected chi connectivity index (χ2v) is 3.70. The normalized spacial score (nSPS) is 10.1. The summed E-state index contributed by atoms with van der Waals surface area (Å²) in [6, 6.07) is 0. The van der Waals surface area contributed by atoms with E-state index in [1.165, 1.54) is 0 Å². The number of halogens is 2. The number of isothiocyanates is 1. The molecule has 0 N–H and O–H groups in total. The molecule has 1 aromatic rings. The predicted molar refractivity (Wildman–Crippen MR) is 55.8 cm³/mol. The van der Waals surface area contributed by atoms with Gasteiger partial charge in [-0.25, -0.2) is 13.8 Å². The van der Waals surface area contributed by atoms with Crippen molar-refractivity contribution in [2.45, 2.75) is 19.8 Å². The minimum atomic E-state index is -2.67. The van der Waals surface area contributed by atoms with E-state index in [0.717, 1.165) is 0 Å². The quantitative estimate of drug-likeness (QED) is 0.610. The zero-order valence-electron chi connectivity index (χ0n) is 7.66. The molecule has 0 aliphatic carbocycles. The van der Waals surface area contributed by atoms with Crippen LogP contribution in [0.1, 0.15) is 33.7 Å². The van der Waals surface area contributed by atoms with Crippen LogP contribution in [0, 0.1) is 0 Å². The summed E-state index contributed by atoms with van der Waals surface area (Å²) in [4.78, 5) is 18.3. The highest BCUT2D eigenvalue weighted by atomic mass is 32.1. The van der Waals surface area contributed by atoms with Crippen LogP contribution in [0.5, 0.6) is 0 Å². The molecule has 3 nitrogen and oxygen atoms in total. The minimum Gasteiger partial charge on any atom is -0.265 e. The zero-order chi connectivity index (χ0) is 11.4. The Labute approximate surface area is 93.9 Å². The van der Waals surface area contributed by atoms with Crippen molar-refractivity contribution in [3.8, 4) is 0 Å². The molecule has 0 fully saturated rings. The van der Waals surface area contributed by atoms with Gasteiger partial charge in [0.15, 0.2) is 5.01 Å². The van der Waals surface area contributed by atoms with Crippen molar-refractivity contribution >= 4 is 34.6 Å². The molecule has 1 heterocycles. The number of aliphatic imine (C=N–C) groups is 1. The summed E-state index contributed by atoms with van der Waals surface area (Å²) >= 11 is 4.91. The standard InChI is InChI=1S/C8H6F2N2OS2/c1-2-4-5(7(13)11-3-14)15-8(12-4)6(9)10/h6H,2H2,1H3. The molecule has 15 heavy (non-hydrogen) atoms.